The highest BCUT2D eigenvalue weighted by Gasteiger charge is 2.14. The average Bonchev–Trinajstić information content (AvgIpc) is 2.78. The second-order valence-electron chi connectivity index (χ2n) is 4.18. The number of carbonyl (C=O) groups excluding carboxylic acids is 1. The molecule has 1 aromatic heterocycles. The van der Waals surface area contributed by atoms with Gasteiger partial charge in [0, 0.05) is 16.7 Å². The van der Waals surface area contributed by atoms with Gasteiger partial charge in [-0.25, -0.2) is 0 Å². The van der Waals surface area contributed by atoms with Gasteiger partial charge in [-0.2, -0.15) is 0 Å². The minimum absolute atomic E-state index is 0.0821. The Balaban J connectivity index is 1.95. The lowest BCUT2D eigenvalue weighted by atomic mass is 10.2. The highest BCUT2D eigenvalue weighted by Crippen LogP contribution is 2.24. The standard InChI is InChI=1S/C14H17NO2S/c1-3-17-14(16)10(2)9-18-13-8-11-6-4-5-7-12(11)15-13/h4-8,10,15H,3,9H2,1-2H3. The summed E-state index contributed by atoms with van der Waals surface area (Å²) < 4.78 is 4.99. The predicted molar refractivity (Wildman–Crippen MR) is 74.8 cm³/mol. The summed E-state index contributed by atoms with van der Waals surface area (Å²) in [5.41, 5.74) is 1.13. The quantitative estimate of drug-likeness (QED) is 0.663. The molecule has 0 fully saturated rings. The van der Waals surface area contributed by atoms with Crippen molar-refractivity contribution >= 4 is 28.6 Å². The fourth-order valence-electron chi connectivity index (χ4n) is 1.69. The molecule has 18 heavy (non-hydrogen) atoms. The highest BCUT2D eigenvalue weighted by atomic mass is 32.2. The van der Waals surface area contributed by atoms with Gasteiger partial charge < -0.3 is 9.72 Å². The van der Waals surface area contributed by atoms with Crippen molar-refractivity contribution in [1.29, 1.82) is 0 Å². The summed E-state index contributed by atoms with van der Waals surface area (Å²) in [6.07, 6.45) is 0. The number of thioether (sulfide) groups is 1. The van der Waals surface area contributed by atoms with E-state index in [1.165, 1.54) is 5.39 Å². The fraction of sp³-hybridized carbons (Fsp3) is 0.357. The van der Waals surface area contributed by atoms with Crippen LogP contribution in [0.25, 0.3) is 10.9 Å². The van der Waals surface area contributed by atoms with Gasteiger partial charge in [-0.05, 0) is 19.1 Å². The van der Waals surface area contributed by atoms with Crippen LogP contribution in [-0.4, -0.2) is 23.3 Å². The van der Waals surface area contributed by atoms with E-state index in [9.17, 15) is 4.79 Å². The second-order valence-corrected chi connectivity index (χ2v) is 5.25. The first-order chi connectivity index (χ1) is 8.70. The zero-order valence-electron chi connectivity index (χ0n) is 10.6. The van der Waals surface area contributed by atoms with E-state index in [0.29, 0.717) is 6.61 Å². The number of benzene rings is 1. The third kappa shape index (κ3) is 3.07. The van der Waals surface area contributed by atoms with E-state index >= 15 is 0 Å². The maximum atomic E-state index is 11.5. The Labute approximate surface area is 111 Å². The van der Waals surface area contributed by atoms with Crippen molar-refractivity contribution in [2.24, 2.45) is 5.92 Å². The third-order valence-corrected chi connectivity index (χ3v) is 3.88. The maximum absolute atomic E-state index is 11.5. The smallest absolute Gasteiger partial charge is 0.309 e. The van der Waals surface area contributed by atoms with Gasteiger partial charge in [-0.3, -0.25) is 4.79 Å². The van der Waals surface area contributed by atoms with E-state index in [1.807, 2.05) is 32.0 Å². The Hall–Kier alpha value is -1.42. The van der Waals surface area contributed by atoms with E-state index in [-0.39, 0.29) is 11.9 Å². The molecule has 1 N–H and O–H groups in total. The van der Waals surface area contributed by atoms with Crippen LogP contribution in [0.1, 0.15) is 13.8 Å². The molecular weight excluding hydrogens is 246 g/mol. The highest BCUT2D eigenvalue weighted by molar-refractivity contribution is 7.99. The number of H-pyrrole nitrogens is 1. The monoisotopic (exact) mass is 263 g/mol. The molecule has 0 aliphatic rings. The van der Waals surface area contributed by atoms with Crippen LogP contribution in [0, 0.1) is 5.92 Å². The summed E-state index contributed by atoms with van der Waals surface area (Å²) in [5, 5.41) is 2.29. The molecule has 96 valence electrons. The number of para-hydroxylation sites is 1. The molecule has 0 amide bonds. The number of nitrogens with one attached hydrogen (secondary N) is 1. The molecule has 2 rings (SSSR count). The van der Waals surface area contributed by atoms with Gasteiger partial charge in [0.05, 0.1) is 17.6 Å². The molecule has 1 heterocycles. The molecule has 0 bridgehead atoms. The summed E-state index contributed by atoms with van der Waals surface area (Å²) in [4.78, 5) is 14.8. The molecule has 1 unspecified atom stereocenters. The van der Waals surface area contributed by atoms with Crippen LogP contribution in [0.15, 0.2) is 35.4 Å². The second kappa shape index (κ2) is 5.96. The Kier molecular flexibility index (Phi) is 4.31. The molecule has 1 aromatic carbocycles. The summed E-state index contributed by atoms with van der Waals surface area (Å²) in [6.45, 7) is 4.17. The lowest BCUT2D eigenvalue weighted by Gasteiger charge is -2.08. The molecule has 0 saturated carbocycles. The SMILES string of the molecule is CCOC(=O)C(C)CSc1cc2ccccc2[nH]1. The number of hydrogen-bond donors (Lipinski definition) is 1. The minimum Gasteiger partial charge on any atom is -0.466 e. The predicted octanol–water partition coefficient (Wildman–Crippen LogP) is 3.46. The van der Waals surface area contributed by atoms with Crippen molar-refractivity contribution in [1.82, 2.24) is 4.98 Å². The van der Waals surface area contributed by atoms with Crippen molar-refractivity contribution in [3.8, 4) is 0 Å². The average molecular weight is 263 g/mol. The van der Waals surface area contributed by atoms with Crippen LogP contribution in [0.4, 0.5) is 0 Å². The molecule has 1 atom stereocenters. The van der Waals surface area contributed by atoms with Crippen LogP contribution in [0.2, 0.25) is 0 Å². The Bertz CT molecular complexity index is 502. The molecular formula is C14H17NO2S. The first kappa shape index (κ1) is 13.0. The van der Waals surface area contributed by atoms with Gasteiger partial charge in [0.15, 0.2) is 0 Å². The fourth-order valence-corrected chi connectivity index (χ4v) is 2.65. The van der Waals surface area contributed by atoms with Gasteiger partial charge >= 0.3 is 5.97 Å². The molecule has 3 nitrogen and oxygen atoms in total. The first-order valence-corrected chi connectivity index (χ1v) is 7.06. The summed E-state index contributed by atoms with van der Waals surface area (Å²) in [7, 11) is 0. The van der Waals surface area contributed by atoms with Gasteiger partial charge in [-0.1, -0.05) is 25.1 Å². The number of aromatic nitrogens is 1. The number of esters is 1. The number of aromatic amines is 1. The largest absolute Gasteiger partial charge is 0.466 e. The van der Waals surface area contributed by atoms with Crippen LogP contribution >= 0.6 is 11.8 Å². The molecule has 4 heteroatoms. The number of hydrogen-bond acceptors (Lipinski definition) is 3. The van der Waals surface area contributed by atoms with Crippen LogP contribution in [0.3, 0.4) is 0 Å². The Morgan fingerprint density at radius 1 is 1.44 bits per heavy atom. The van der Waals surface area contributed by atoms with Crippen molar-refractivity contribution < 1.29 is 9.53 Å². The van der Waals surface area contributed by atoms with Crippen LogP contribution in [0.5, 0.6) is 0 Å². The van der Waals surface area contributed by atoms with Gasteiger partial charge in [0.25, 0.3) is 0 Å². The van der Waals surface area contributed by atoms with Gasteiger partial charge in [-0.15, -0.1) is 11.8 Å². The van der Waals surface area contributed by atoms with E-state index in [0.717, 1.165) is 16.3 Å². The normalized spacial score (nSPS) is 12.6. The number of fused-ring (bicyclic) bond motifs is 1. The Morgan fingerprint density at radius 2 is 2.22 bits per heavy atom. The van der Waals surface area contributed by atoms with E-state index in [4.69, 9.17) is 4.74 Å². The first-order valence-electron chi connectivity index (χ1n) is 6.08. The lowest BCUT2D eigenvalue weighted by molar-refractivity contribution is -0.146. The van der Waals surface area contributed by atoms with Crippen LogP contribution in [-0.2, 0) is 9.53 Å². The topological polar surface area (TPSA) is 42.1 Å². The molecule has 0 aliphatic heterocycles. The number of carbonyl (C=O) groups is 1. The Morgan fingerprint density at radius 3 is 2.94 bits per heavy atom. The van der Waals surface area contributed by atoms with Crippen molar-refractivity contribution in [2.75, 3.05) is 12.4 Å². The van der Waals surface area contributed by atoms with E-state index < -0.39 is 0 Å². The summed E-state index contributed by atoms with van der Waals surface area (Å²) in [6, 6.07) is 10.3. The molecule has 0 spiro atoms. The summed E-state index contributed by atoms with van der Waals surface area (Å²) >= 11 is 1.65. The zero-order chi connectivity index (χ0) is 13.0. The van der Waals surface area contributed by atoms with Crippen molar-refractivity contribution in [3.05, 3.63) is 30.3 Å². The van der Waals surface area contributed by atoms with Crippen molar-refractivity contribution in [2.45, 2.75) is 18.9 Å². The van der Waals surface area contributed by atoms with Gasteiger partial charge in [0.1, 0.15) is 0 Å². The zero-order valence-corrected chi connectivity index (χ0v) is 11.4. The van der Waals surface area contributed by atoms with Gasteiger partial charge in [0.2, 0.25) is 0 Å². The molecule has 0 aliphatic carbocycles. The molecule has 0 radical (unpaired) electrons. The summed E-state index contributed by atoms with van der Waals surface area (Å²) in [5.74, 6) is 0.522. The third-order valence-electron chi connectivity index (χ3n) is 2.68. The lowest BCUT2D eigenvalue weighted by Crippen LogP contribution is -2.16. The minimum atomic E-state index is -0.124. The molecule has 0 saturated heterocycles. The number of ether oxygens (including phenoxy) is 1. The van der Waals surface area contributed by atoms with E-state index in [2.05, 4.69) is 17.1 Å². The number of rotatable bonds is 5. The van der Waals surface area contributed by atoms with Crippen molar-refractivity contribution in [3.63, 3.8) is 0 Å². The van der Waals surface area contributed by atoms with Crippen LogP contribution < -0.4 is 0 Å². The molecule has 2 aromatic rings. The van der Waals surface area contributed by atoms with E-state index in [1.54, 1.807) is 11.8 Å². The maximum Gasteiger partial charge on any atom is 0.309 e.